The van der Waals surface area contributed by atoms with Gasteiger partial charge in [0.05, 0.1) is 37.9 Å². The van der Waals surface area contributed by atoms with Gasteiger partial charge in [0, 0.05) is 5.56 Å². The van der Waals surface area contributed by atoms with Crippen LogP contribution >= 0.6 is 0 Å². The first-order valence-electron chi connectivity index (χ1n) is 8.81. The molecule has 28 heavy (non-hydrogen) atoms. The Morgan fingerprint density at radius 3 is 1.96 bits per heavy atom. The van der Waals surface area contributed by atoms with Crippen molar-refractivity contribution in [3.05, 3.63) is 59.7 Å². The van der Waals surface area contributed by atoms with Crippen molar-refractivity contribution in [1.82, 2.24) is 0 Å². The molecule has 0 aliphatic heterocycles. The van der Waals surface area contributed by atoms with Gasteiger partial charge in [0.2, 0.25) is 0 Å². The molecule has 0 spiro atoms. The quantitative estimate of drug-likeness (QED) is 0.286. The minimum atomic E-state index is -3.76. The largest absolute Gasteiger partial charge is 0.491 e. The first kappa shape index (κ1) is 22.0. The highest BCUT2D eigenvalue weighted by atomic mass is 32.2. The Morgan fingerprint density at radius 2 is 1.36 bits per heavy atom. The maximum absolute atomic E-state index is 12.0. The Hall–Kier alpha value is -2.26. The van der Waals surface area contributed by atoms with E-state index in [0.717, 1.165) is 11.8 Å². The van der Waals surface area contributed by atoms with Crippen LogP contribution in [0.3, 0.4) is 0 Å². The highest BCUT2D eigenvalue weighted by molar-refractivity contribution is 7.86. The summed E-state index contributed by atoms with van der Waals surface area (Å²) in [6.45, 7) is 3.41. The summed E-state index contributed by atoms with van der Waals surface area (Å²) >= 11 is 0. The molecule has 0 radical (unpaired) electrons. The fourth-order valence-electron chi connectivity index (χ4n) is 2.16. The number of hydrogen-bond donors (Lipinski definition) is 0. The lowest BCUT2D eigenvalue weighted by atomic mass is 10.2. The van der Waals surface area contributed by atoms with Gasteiger partial charge in [-0.05, 0) is 43.3 Å². The van der Waals surface area contributed by atoms with Crippen LogP contribution < -0.4 is 4.74 Å². The van der Waals surface area contributed by atoms with E-state index in [2.05, 4.69) is 0 Å². The number of aldehydes is 1. The molecular formula is C20H24O7S. The van der Waals surface area contributed by atoms with E-state index >= 15 is 0 Å². The molecule has 0 bridgehead atoms. The molecular weight excluding hydrogens is 384 g/mol. The Morgan fingerprint density at radius 1 is 0.786 bits per heavy atom. The van der Waals surface area contributed by atoms with Crippen molar-refractivity contribution >= 4 is 16.4 Å². The molecule has 2 aromatic rings. The average molecular weight is 408 g/mol. The van der Waals surface area contributed by atoms with Gasteiger partial charge in [-0.25, -0.2) is 0 Å². The van der Waals surface area contributed by atoms with Gasteiger partial charge >= 0.3 is 0 Å². The molecule has 0 N–H and O–H groups in total. The maximum atomic E-state index is 12.0. The van der Waals surface area contributed by atoms with Crippen LogP contribution in [0.1, 0.15) is 15.9 Å². The second-order valence-corrected chi connectivity index (χ2v) is 7.46. The molecule has 0 saturated heterocycles. The molecule has 0 aliphatic carbocycles. The van der Waals surface area contributed by atoms with Crippen LogP contribution in [0.5, 0.6) is 5.75 Å². The van der Waals surface area contributed by atoms with Crippen molar-refractivity contribution in [2.24, 2.45) is 0 Å². The number of rotatable bonds is 13. The lowest BCUT2D eigenvalue weighted by Gasteiger charge is -2.08. The topological polar surface area (TPSA) is 88.1 Å². The van der Waals surface area contributed by atoms with E-state index in [1.165, 1.54) is 12.1 Å². The smallest absolute Gasteiger partial charge is 0.297 e. The molecule has 0 fully saturated rings. The molecule has 152 valence electrons. The monoisotopic (exact) mass is 408 g/mol. The molecule has 8 heteroatoms. The molecule has 0 amide bonds. The molecule has 0 unspecified atom stereocenters. The summed E-state index contributed by atoms with van der Waals surface area (Å²) < 4.78 is 45.0. The molecule has 2 rings (SSSR count). The lowest BCUT2D eigenvalue weighted by molar-refractivity contribution is 0.0279. The molecule has 0 aromatic heterocycles. The van der Waals surface area contributed by atoms with Crippen LogP contribution in [0.15, 0.2) is 53.4 Å². The number of aryl methyl sites for hydroxylation is 1. The Bertz CT molecular complexity index is 815. The third kappa shape index (κ3) is 7.77. The van der Waals surface area contributed by atoms with Gasteiger partial charge in [0.15, 0.2) is 0 Å². The van der Waals surface area contributed by atoms with Crippen LogP contribution in [0.25, 0.3) is 0 Å². The summed E-state index contributed by atoms with van der Waals surface area (Å²) in [6.07, 6.45) is 0.774. The highest BCUT2D eigenvalue weighted by Crippen LogP contribution is 2.13. The van der Waals surface area contributed by atoms with E-state index in [4.69, 9.17) is 18.4 Å². The number of carbonyl (C=O) groups excluding carboxylic acids is 1. The minimum Gasteiger partial charge on any atom is -0.491 e. The van der Waals surface area contributed by atoms with Crippen LogP contribution in [0, 0.1) is 6.92 Å². The predicted octanol–water partition coefficient (Wildman–Crippen LogP) is 2.63. The van der Waals surface area contributed by atoms with E-state index < -0.39 is 10.1 Å². The molecule has 0 heterocycles. The fraction of sp³-hybridized carbons (Fsp3) is 0.350. The lowest BCUT2D eigenvalue weighted by Crippen LogP contribution is -2.14. The SMILES string of the molecule is Cc1ccc(S(=O)(=O)OCCOCCOCCOc2ccc(C=O)cc2)cc1. The minimum absolute atomic E-state index is 0.0594. The number of hydrogen-bond acceptors (Lipinski definition) is 7. The summed E-state index contributed by atoms with van der Waals surface area (Å²) in [5.74, 6) is 0.664. The zero-order chi connectivity index (χ0) is 20.2. The second kappa shape index (κ2) is 11.6. The van der Waals surface area contributed by atoms with Gasteiger partial charge in [-0.3, -0.25) is 8.98 Å². The molecule has 0 atom stereocenters. The van der Waals surface area contributed by atoms with Gasteiger partial charge in [0.25, 0.3) is 10.1 Å². The standard InChI is InChI=1S/C20H24O7S/c1-17-2-8-20(9-3-17)28(22,23)27-15-13-25-11-10-24-12-14-26-19-6-4-18(16-21)5-7-19/h2-9,16H,10-15H2,1H3. The number of ether oxygens (including phenoxy) is 3. The Kier molecular flexibility index (Phi) is 9.09. The van der Waals surface area contributed by atoms with Crippen molar-refractivity contribution in [1.29, 1.82) is 0 Å². The number of carbonyl (C=O) groups is 1. The van der Waals surface area contributed by atoms with E-state index in [0.29, 0.717) is 37.7 Å². The highest BCUT2D eigenvalue weighted by Gasteiger charge is 2.14. The van der Waals surface area contributed by atoms with Gasteiger partial charge in [0.1, 0.15) is 18.6 Å². The summed E-state index contributed by atoms with van der Waals surface area (Å²) in [5, 5.41) is 0. The average Bonchev–Trinajstić information content (AvgIpc) is 2.70. The Labute approximate surface area is 165 Å². The van der Waals surface area contributed by atoms with Crippen molar-refractivity contribution in [3.8, 4) is 5.75 Å². The fourth-order valence-corrected chi connectivity index (χ4v) is 3.05. The van der Waals surface area contributed by atoms with Crippen LogP contribution in [0.4, 0.5) is 0 Å². The molecule has 0 saturated carbocycles. The maximum Gasteiger partial charge on any atom is 0.297 e. The third-order valence-corrected chi connectivity index (χ3v) is 4.99. The van der Waals surface area contributed by atoms with E-state index in [1.54, 1.807) is 36.4 Å². The number of benzene rings is 2. The normalized spacial score (nSPS) is 11.3. The van der Waals surface area contributed by atoms with Crippen LogP contribution in [-0.4, -0.2) is 54.3 Å². The first-order chi connectivity index (χ1) is 13.5. The zero-order valence-electron chi connectivity index (χ0n) is 15.7. The van der Waals surface area contributed by atoms with Crippen molar-refractivity contribution in [3.63, 3.8) is 0 Å². The van der Waals surface area contributed by atoms with E-state index in [9.17, 15) is 13.2 Å². The van der Waals surface area contributed by atoms with Crippen LogP contribution in [-0.2, 0) is 23.8 Å². The molecule has 7 nitrogen and oxygen atoms in total. The summed E-state index contributed by atoms with van der Waals surface area (Å²) in [7, 11) is -3.76. The van der Waals surface area contributed by atoms with Crippen molar-refractivity contribution < 1.29 is 31.6 Å². The van der Waals surface area contributed by atoms with Gasteiger partial charge in [-0.15, -0.1) is 0 Å². The third-order valence-electron chi connectivity index (χ3n) is 3.66. The summed E-state index contributed by atoms with van der Waals surface area (Å²) in [5.41, 5.74) is 1.57. The Balaban J connectivity index is 1.49. The van der Waals surface area contributed by atoms with Crippen molar-refractivity contribution in [2.45, 2.75) is 11.8 Å². The van der Waals surface area contributed by atoms with E-state index in [-0.39, 0.29) is 18.1 Å². The second-order valence-electron chi connectivity index (χ2n) is 5.85. The van der Waals surface area contributed by atoms with Gasteiger partial charge < -0.3 is 14.2 Å². The zero-order valence-corrected chi connectivity index (χ0v) is 16.5. The van der Waals surface area contributed by atoms with Crippen molar-refractivity contribution in [2.75, 3.05) is 39.6 Å². The molecule has 2 aromatic carbocycles. The van der Waals surface area contributed by atoms with Gasteiger partial charge in [-0.2, -0.15) is 8.42 Å². The van der Waals surface area contributed by atoms with Gasteiger partial charge in [-0.1, -0.05) is 17.7 Å². The first-order valence-corrected chi connectivity index (χ1v) is 10.2. The molecule has 0 aliphatic rings. The summed E-state index contributed by atoms with van der Waals surface area (Å²) in [6, 6.07) is 13.3. The van der Waals surface area contributed by atoms with E-state index in [1.807, 2.05) is 6.92 Å². The predicted molar refractivity (Wildman–Crippen MR) is 103 cm³/mol. The summed E-state index contributed by atoms with van der Waals surface area (Å²) in [4.78, 5) is 10.7. The van der Waals surface area contributed by atoms with Crippen LogP contribution in [0.2, 0.25) is 0 Å².